The number of nitrogens with one attached hydrogen (secondary N) is 2. The van der Waals surface area contributed by atoms with Gasteiger partial charge in [-0.25, -0.2) is 4.79 Å². The Labute approximate surface area is 237 Å². The van der Waals surface area contributed by atoms with Crippen molar-refractivity contribution < 1.29 is 24.3 Å². The van der Waals surface area contributed by atoms with E-state index in [0.29, 0.717) is 12.8 Å². The molecule has 4 atom stereocenters. The summed E-state index contributed by atoms with van der Waals surface area (Å²) in [6.45, 7) is 13.5. The van der Waals surface area contributed by atoms with Crippen molar-refractivity contribution in [2.75, 3.05) is 14.1 Å². The van der Waals surface area contributed by atoms with Crippen LogP contribution in [0.1, 0.15) is 104 Å². The van der Waals surface area contributed by atoms with E-state index in [2.05, 4.69) is 30.7 Å². The third kappa shape index (κ3) is 16.2. The Bertz CT molecular complexity index is 765. The SMILES string of the molecule is C=CCCCCC(CCCCCCC)C(=O)N[C@@H](CC(C)C)C(=O)N[C@@H](CC(CC=C)C(=O)N(C)C)C(=O)O. The van der Waals surface area contributed by atoms with Gasteiger partial charge in [-0.2, -0.15) is 0 Å². The van der Waals surface area contributed by atoms with Crippen LogP contribution in [0.15, 0.2) is 25.3 Å². The van der Waals surface area contributed by atoms with E-state index in [9.17, 15) is 24.3 Å². The van der Waals surface area contributed by atoms with Crippen LogP contribution >= 0.6 is 0 Å². The average Bonchev–Trinajstić information content (AvgIpc) is 2.87. The molecule has 0 aromatic carbocycles. The zero-order chi connectivity index (χ0) is 29.8. The molecule has 0 spiro atoms. The molecule has 0 saturated carbocycles. The molecule has 0 aromatic heterocycles. The van der Waals surface area contributed by atoms with Crippen LogP contribution in [0.4, 0.5) is 0 Å². The zero-order valence-corrected chi connectivity index (χ0v) is 25.2. The van der Waals surface area contributed by atoms with Gasteiger partial charge in [0, 0.05) is 25.9 Å². The van der Waals surface area contributed by atoms with E-state index in [0.717, 1.165) is 57.8 Å². The smallest absolute Gasteiger partial charge is 0.326 e. The molecule has 0 bridgehead atoms. The van der Waals surface area contributed by atoms with Gasteiger partial charge in [-0.15, -0.1) is 13.2 Å². The molecule has 0 rings (SSSR count). The molecule has 3 amide bonds. The van der Waals surface area contributed by atoms with Crippen molar-refractivity contribution in [3.8, 4) is 0 Å². The van der Waals surface area contributed by atoms with E-state index in [1.807, 2.05) is 19.9 Å². The molecule has 0 aliphatic rings. The largest absolute Gasteiger partial charge is 0.480 e. The maximum Gasteiger partial charge on any atom is 0.326 e. The maximum absolute atomic E-state index is 13.4. The van der Waals surface area contributed by atoms with Crippen molar-refractivity contribution in [3.63, 3.8) is 0 Å². The van der Waals surface area contributed by atoms with Crippen molar-refractivity contribution in [3.05, 3.63) is 25.3 Å². The highest BCUT2D eigenvalue weighted by atomic mass is 16.4. The molecule has 0 radical (unpaired) electrons. The Hall–Kier alpha value is -2.64. The van der Waals surface area contributed by atoms with Crippen LogP contribution in [0, 0.1) is 17.8 Å². The first kappa shape index (κ1) is 36.4. The number of carboxylic acid groups (broad SMARTS) is 1. The predicted molar refractivity (Wildman–Crippen MR) is 158 cm³/mol. The van der Waals surface area contributed by atoms with Crippen molar-refractivity contribution in [1.82, 2.24) is 15.5 Å². The van der Waals surface area contributed by atoms with Gasteiger partial charge in [0.05, 0.1) is 0 Å². The molecule has 0 heterocycles. The van der Waals surface area contributed by atoms with Crippen LogP contribution in [0.3, 0.4) is 0 Å². The summed E-state index contributed by atoms with van der Waals surface area (Å²) in [6.07, 6.45) is 13.9. The Morgan fingerprint density at radius 1 is 0.795 bits per heavy atom. The van der Waals surface area contributed by atoms with Crippen LogP contribution in [-0.4, -0.2) is 59.9 Å². The Morgan fingerprint density at radius 3 is 1.90 bits per heavy atom. The molecular weight excluding hydrogens is 494 g/mol. The van der Waals surface area contributed by atoms with Crippen molar-refractivity contribution >= 4 is 23.7 Å². The lowest BCUT2D eigenvalue weighted by molar-refractivity contribution is -0.143. The topological polar surface area (TPSA) is 116 Å². The lowest BCUT2D eigenvalue weighted by atomic mass is 9.92. The standard InChI is InChI=1S/C31H55N3O5/c1-8-11-13-15-17-20-24(19-16-14-12-9-2)28(35)32-26(21-23(4)5)29(36)33-27(31(38)39)22-25(18-10-3)30(37)34(6)7/h9-10,23-27H,2-3,8,11-22H2,1,4-7H3,(H,32,35)(H,33,36)(H,38,39)/t24?,25?,26-,27-/m0/s1. The summed E-state index contributed by atoms with van der Waals surface area (Å²) in [6, 6.07) is -2.11. The minimum atomic E-state index is -1.26. The number of rotatable bonds is 23. The molecule has 3 N–H and O–H groups in total. The van der Waals surface area contributed by atoms with Gasteiger partial charge in [-0.05, 0) is 50.9 Å². The van der Waals surface area contributed by atoms with Gasteiger partial charge in [-0.3, -0.25) is 14.4 Å². The number of allylic oxidation sites excluding steroid dienone is 2. The molecule has 8 heteroatoms. The summed E-state index contributed by atoms with van der Waals surface area (Å²) >= 11 is 0. The van der Waals surface area contributed by atoms with Gasteiger partial charge in [0.2, 0.25) is 17.7 Å². The van der Waals surface area contributed by atoms with Crippen LogP contribution in [0.5, 0.6) is 0 Å². The predicted octanol–water partition coefficient (Wildman–Crippen LogP) is 5.48. The number of carbonyl (C=O) groups excluding carboxylic acids is 3. The number of aliphatic carboxylic acids is 1. The second kappa shape index (κ2) is 21.2. The molecule has 39 heavy (non-hydrogen) atoms. The van der Waals surface area contributed by atoms with Crippen LogP contribution in [-0.2, 0) is 19.2 Å². The average molecular weight is 550 g/mol. The molecule has 0 saturated heterocycles. The summed E-state index contributed by atoms with van der Waals surface area (Å²) in [7, 11) is 3.22. The summed E-state index contributed by atoms with van der Waals surface area (Å²) in [5.74, 6) is -2.83. The first-order valence-electron chi connectivity index (χ1n) is 14.7. The van der Waals surface area contributed by atoms with Gasteiger partial charge in [0.25, 0.3) is 0 Å². The van der Waals surface area contributed by atoms with E-state index in [-0.39, 0.29) is 30.1 Å². The molecule has 8 nitrogen and oxygen atoms in total. The van der Waals surface area contributed by atoms with Gasteiger partial charge < -0.3 is 20.6 Å². The highest BCUT2D eigenvalue weighted by Gasteiger charge is 2.32. The summed E-state index contributed by atoms with van der Waals surface area (Å²) < 4.78 is 0. The van der Waals surface area contributed by atoms with Crippen LogP contribution < -0.4 is 10.6 Å². The monoisotopic (exact) mass is 549 g/mol. The van der Waals surface area contributed by atoms with Gasteiger partial charge >= 0.3 is 5.97 Å². The molecule has 2 unspecified atom stereocenters. The number of hydrogen-bond acceptors (Lipinski definition) is 4. The number of carbonyl (C=O) groups is 4. The summed E-state index contributed by atoms with van der Waals surface area (Å²) in [5.41, 5.74) is 0. The molecular formula is C31H55N3O5. The quantitative estimate of drug-likeness (QED) is 0.115. The van der Waals surface area contributed by atoms with Crippen molar-refractivity contribution in [2.45, 2.75) is 116 Å². The lowest BCUT2D eigenvalue weighted by Gasteiger charge is -2.27. The minimum absolute atomic E-state index is 0.0594. The number of nitrogens with zero attached hydrogens (tertiary/aromatic N) is 1. The Kier molecular flexibility index (Phi) is 19.8. The zero-order valence-electron chi connectivity index (χ0n) is 25.2. The van der Waals surface area contributed by atoms with Gasteiger partial charge in [0.1, 0.15) is 12.1 Å². The first-order valence-corrected chi connectivity index (χ1v) is 14.7. The minimum Gasteiger partial charge on any atom is -0.480 e. The van der Waals surface area contributed by atoms with Crippen molar-refractivity contribution in [2.24, 2.45) is 17.8 Å². The third-order valence-corrected chi connectivity index (χ3v) is 6.95. The second-order valence-corrected chi connectivity index (χ2v) is 11.3. The Morgan fingerprint density at radius 2 is 1.38 bits per heavy atom. The fourth-order valence-electron chi connectivity index (χ4n) is 4.72. The lowest BCUT2D eigenvalue weighted by Crippen LogP contribution is -2.53. The van der Waals surface area contributed by atoms with Gasteiger partial charge in [0.15, 0.2) is 0 Å². The molecule has 0 aromatic rings. The Balaban J connectivity index is 5.56. The number of hydrogen-bond donors (Lipinski definition) is 3. The van der Waals surface area contributed by atoms with E-state index in [4.69, 9.17) is 0 Å². The molecule has 224 valence electrons. The number of unbranched alkanes of at least 4 members (excludes halogenated alkanes) is 6. The van der Waals surface area contributed by atoms with E-state index < -0.39 is 29.9 Å². The summed E-state index contributed by atoms with van der Waals surface area (Å²) in [5, 5.41) is 15.4. The normalized spacial score (nSPS) is 14.1. The number of carboxylic acids is 1. The van der Waals surface area contributed by atoms with Crippen LogP contribution in [0.25, 0.3) is 0 Å². The fourth-order valence-corrected chi connectivity index (χ4v) is 4.72. The van der Waals surface area contributed by atoms with Crippen LogP contribution in [0.2, 0.25) is 0 Å². The third-order valence-electron chi connectivity index (χ3n) is 6.95. The molecule has 0 fully saturated rings. The number of amides is 3. The van der Waals surface area contributed by atoms with Crippen molar-refractivity contribution in [1.29, 1.82) is 0 Å². The van der Waals surface area contributed by atoms with Gasteiger partial charge in [-0.1, -0.05) is 71.4 Å². The summed E-state index contributed by atoms with van der Waals surface area (Å²) in [4.78, 5) is 52.7. The molecule has 0 aliphatic carbocycles. The first-order chi connectivity index (χ1) is 18.5. The fraction of sp³-hybridized carbons (Fsp3) is 0.742. The van der Waals surface area contributed by atoms with E-state index >= 15 is 0 Å². The highest BCUT2D eigenvalue weighted by Crippen LogP contribution is 2.20. The van der Waals surface area contributed by atoms with E-state index in [1.165, 1.54) is 11.3 Å². The van der Waals surface area contributed by atoms with E-state index in [1.54, 1.807) is 20.2 Å². The second-order valence-electron chi connectivity index (χ2n) is 11.3. The maximum atomic E-state index is 13.4. The molecule has 0 aliphatic heterocycles. The highest BCUT2D eigenvalue weighted by molar-refractivity contribution is 5.91.